The van der Waals surface area contributed by atoms with Gasteiger partial charge in [-0.3, -0.25) is 14.9 Å². The van der Waals surface area contributed by atoms with E-state index in [9.17, 15) is 14.9 Å². The molecule has 1 aromatic rings. The van der Waals surface area contributed by atoms with E-state index in [1.807, 2.05) is 0 Å². The molecule has 1 amide bonds. The first-order valence-corrected chi connectivity index (χ1v) is 4.95. The molecule has 6 nitrogen and oxygen atoms in total. The first-order valence-electron chi connectivity index (χ1n) is 4.57. The van der Waals surface area contributed by atoms with Crippen LogP contribution < -0.4 is 11.1 Å². The highest BCUT2D eigenvalue weighted by molar-refractivity contribution is 6.29. The van der Waals surface area contributed by atoms with Crippen LogP contribution in [0.15, 0.2) is 29.8 Å². The molecule has 1 aromatic carbocycles. The van der Waals surface area contributed by atoms with Gasteiger partial charge in [0.2, 0.25) is 5.91 Å². The van der Waals surface area contributed by atoms with Crippen LogP contribution in [0.4, 0.5) is 11.4 Å². The molecule has 0 fully saturated rings. The molecular weight excluding hydrogens is 246 g/mol. The first-order chi connectivity index (χ1) is 7.91. The summed E-state index contributed by atoms with van der Waals surface area (Å²) in [5, 5.41) is 13.9. The Balaban J connectivity index is 3.08. The fourth-order valence-electron chi connectivity index (χ4n) is 1.18. The number of nitro groups is 1. The van der Waals surface area contributed by atoms with Gasteiger partial charge in [0, 0.05) is 16.7 Å². The number of nitrogens with two attached hydrogens (primary N) is 1. The second-order valence-electron chi connectivity index (χ2n) is 3.22. The summed E-state index contributed by atoms with van der Waals surface area (Å²) >= 11 is 5.54. The van der Waals surface area contributed by atoms with Crippen molar-refractivity contribution in [3.63, 3.8) is 0 Å². The second kappa shape index (κ2) is 5.31. The number of carbonyl (C=O) groups is 1. The highest BCUT2D eigenvalue weighted by atomic mass is 35.5. The molecule has 1 rings (SSSR count). The Morgan fingerprint density at radius 3 is 2.71 bits per heavy atom. The van der Waals surface area contributed by atoms with E-state index in [0.717, 1.165) is 6.07 Å². The minimum absolute atomic E-state index is 0.0759. The molecule has 0 spiro atoms. The van der Waals surface area contributed by atoms with Crippen molar-refractivity contribution in [1.29, 1.82) is 0 Å². The highest BCUT2D eigenvalue weighted by Crippen LogP contribution is 2.25. The van der Waals surface area contributed by atoms with E-state index in [4.69, 9.17) is 17.3 Å². The maximum Gasteiger partial charge on any atom is 0.293 e. The molecule has 0 radical (unpaired) electrons. The van der Waals surface area contributed by atoms with E-state index in [1.54, 1.807) is 0 Å². The molecule has 0 aliphatic heterocycles. The molecule has 0 saturated heterocycles. The van der Waals surface area contributed by atoms with Crippen molar-refractivity contribution in [3.05, 3.63) is 45.5 Å². The topological polar surface area (TPSA) is 98.3 Å². The zero-order valence-corrected chi connectivity index (χ0v) is 9.53. The molecule has 0 atom stereocenters. The summed E-state index contributed by atoms with van der Waals surface area (Å²) in [7, 11) is 0. The van der Waals surface area contributed by atoms with Crippen LogP contribution in [0.5, 0.6) is 0 Å². The zero-order valence-electron chi connectivity index (χ0n) is 8.77. The van der Waals surface area contributed by atoms with Crippen LogP contribution in [0.2, 0.25) is 0 Å². The lowest BCUT2D eigenvalue weighted by Gasteiger charge is -2.06. The number of carbonyl (C=O) groups excluding carboxylic acids is 1. The quantitative estimate of drug-likeness (QED) is 0.620. The van der Waals surface area contributed by atoms with Gasteiger partial charge in [-0.2, -0.15) is 0 Å². The molecule has 17 heavy (non-hydrogen) atoms. The molecule has 0 saturated carbocycles. The van der Waals surface area contributed by atoms with Crippen LogP contribution in [0.1, 0.15) is 10.4 Å². The van der Waals surface area contributed by atoms with Crippen LogP contribution in [-0.4, -0.2) is 17.4 Å². The number of hydrogen-bond donors (Lipinski definition) is 2. The number of amides is 1. The van der Waals surface area contributed by atoms with Crippen molar-refractivity contribution >= 4 is 28.9 Å². The molecular formula is C10H10ClN3O3. The summed E-state index contributed by atoms with van der Waals surface area (Å²) in [5.74, 6) is -0.721. The molecule has 7 heteroatoms. The normalized spacial score (nSPS) is 9.71. The van der Waals surface area contributed by atoms with Crippen molar-refractivity contribution < 1.29 is 9.72 Å². The van der Waals surface area contributed by atoms with Gasteiger partial charge in [-0.25, -0.2) is 0 Å². The lowest BCUT2D eigenvalue weighted by Crippen LogP contribution is -2.12. The number of benzene rings is 1. The lowest BCUT2D eigenvalue weighted by molar-refractivity contribution is -0.384. The van der Waals surface area contributed by atoms with E-state index in [0.29, 0.717) is 5.03 Å². The van der Waals surface area contributed by atoms with E-state index < -0.39 is 10.8 Å². The monoisotopic (exact) mass is 255 g/mol. The molecule has 0 bridgehead atoms. The Morgan fingerprint density at radius 1 is 1.59 bits per heavy atom. The lowest BCUT2D eigenvalue weighted by atomic mass is 10.1. The van der Waals surface area contributed by atoms with E-state index in [1.165, 1.54) is 12.1 Å². The third-order valence-electron chi connectivity index (χ3n) is 1.95. The SMILES string of the molecule is C=C(Cl)CNc1ccc(C(N)=O)cc1[N+](=O)[O-]. The van der Waals surface area contributed by atoms with Gasteiger partial charge < -0.3 is 11.1 Å². The minimum atomic E-state index is -0.721. The first kappa shape index (κ1) is 13.0. The van der Waals surface area contributed by atoms with Crippen LogP contribution in [0.25, 0.3) is 0 Å². The van der Waals surface area contributed by atoms with Crippen LogP contribution in [0.3, 0.4) is 0 Å². The Kier molecular flexibility index (Phi) is 4.06. The molecule has 3 N–H and O–H groups in total. The summed E-state index contributed by atoms with van der Waals surface area (Å²) in [5.41, 5.74) is 5.13. The minimum Gasteiger partial charge on any atom is -0.375 e. The van der Waals surface area contributed by atoms with Gasteiger partial charge in [0.1, 0.15) is 5.69 Å². The highest BCUT2D eigenvalue weighted by Gasteiger charge is 2.16. The maximum atomic E-state index is 10.9. The predicted molar refractivity (Wildman–Crippen MR) is 65.1 cm³/mol. The Morgan fingerprint density at radius 2 is 2.24 bits per heavy atom. The van der Waals surface area contributed by atoms with Gasteiger partial charge in [0.05, 0.1) is 11.5 Å². The van der Waals surface area contributed by atoms with Crippen LogP contribution in [0, 0.1) is 10.1 Å². The number of halogens is 1. The molecule has 0 aromatic heterocycles. The van der Waals surface area contributed by atoms with Crippen molar-refractivity contribution in [3.8, 4) is 0 Å². The number of primary amides is 1. The van der Waals surface area contributed by atoms with Crippen molar-refractivity contribution in [2.45, 2.75) is 0 Å². The van der Waals surface area contributed by atoms with Gasteiger partial charge in [0.15, 0.2) is 0 Å². The van der Waals surface area contributed by atoms with E-state index in [-0.39, 0.29) is 23.5 Å². The fourth-order valence-corrected chi connectivity index (χ4v) is 1.24. The van der Waals surface area contributed by atoms with E-state index >= 15 is 0 Å². The van der Waals surface area contributed by atoms with Crippen molar-refractivity contribution in [2.75, 3.05) is 11.9 Å². The van der Waals surface area contributed by atoms with Gasteiger partial charge >= 0.3 is 0 Å². The Hall–Kier alpha value is -2.08. The zero-order chi connectivity index (χ0) is 13.0. The van der Waals surface area contributed by atoms with Crippen LogP contribution >= 0.6 is 11.6 Å². The van der Waals surface area contributed by atoms with Crippen molar-refractivity contribution in [1.82, 2.24) is 0 Å². The summed E-state index contributed by atoms with van der Waals surface area (Å²) in [6.07, 6.45) is 0. The van der Waals surface area contributed by atoms with Crippen LogP contribution in [-0.2, 0) is 0 Å². The van der Waals surface area contributed by atoms with E-state index in [2.05, 4.69) is 11.9 Å². The van der Waals surface area contributed by atoms with Gasteiger partial charge in [0.25, 0.3) is 5.69 Å². The van der Waals surface area contributed by atoms with Gasteiger partial charge in [-0.05, 0) is 12.1 Å². The molecule has 0 aliphatic carbocycles. The second-order valence-corrected chi connectivity index (χ2v) is 3.76. The third kappa shape index (κ3) is 3.46. The van der Waals surface area contributed by atoms with Gasteiger partial charge in [-0.1, -0.05) is 18.2 Å². The Labute approximate surface area is 102 Å². The Bertz CT molecular complexity index is 488. The van der Waals surface area contributed by atoms with Gasteiger partial charge in [-0.15, -0.1) is 0 Å². The number of hydrogen-bond acceptors (Lipinski definition) is 4. The third-order valence-corrected chi connectivity index (χ3v) is 2.08. The summed E-state index contributed by atoms with van der Waals surface area (Å²) in [4.78, 5) is 21.1. The predicted octanol–water partition coefficient (Wildman–Crippen LogP) is 1.86. The molecule has 90 valence electrons. The smallest absolute Gasteiger partial charge is 0.293 e. The molecule has 0 unspecified atom stereocenters. The standard InChI is InChI=1S/C10H10ClN3O3/c1-6(11)5-13-8-3-2-7(10(12)15)4-9(8)14(16)17/h2-4,13H,1,5H2,(H2,12,15). The number of nitrogens with one attached hydrogen (secondary N) is 1. The number of nitrogens with zero attached hydrogens (tertiary/aromatic N) is 1. The number of anilines is 1. The summed E-state index contributed by atoms with van der Waals surface area (Å²) in [6.45, 7) is 3.64. The fraction of sp³-hybridized carbons (Fsp3) is 0.100. The largest absolute Gasteiger partial charge is 0.375 e. The summed E-state index contributed by atoms with van der Waals surface area (Å²) < 4.78 is 0. The average molecular weight is 256 g/mol. The number of nitro benzene ring substituents is 1. The maximum absolute atomic E-state index is 10.9. The molecule has 0 heterocycles. The summed E-state index contributed by atoms with van der Waals surface area (Å²) in [6, 6.07) is 3.91. The average Bonchev–Trinajstić information content (AvgIpc) is 2.25. The van der Waals surface area contributed by atoms with Crippen molar-refractivity contribution in [2.24, 2.45) is 5.73 Å². The number of rotatable bonds is 5. The molecule has 0 aliphatic rings.